The first kappa shape index (κ1) is 21.9. The summed E-state index contributed by atoms with van der Waals surface area (Å²) >= 11 is 0. The monoisotopic (exact) mass is 424 g/mol. The fraction of sp³-hybridized carbons (Fsp3) is 0.280. The lowest BCUT2D eigenvalue weighted by Crippen LogP contribution is -2.13. The van der Waals surface area contributed by atoms with E-state index in [0.717, 1.165) is 36.1 Å². The maximum Gasteiger partial charge on any atom is 0.309 e. The van der Waals surface area contributed by atoms with Crippen LogP contribution in [0.4, 0.5) is 0 Å². The molecule has 0 spiro atoms. The lowest BCUT2D eigenvalue weighted by atomic mass is 10.1. The zero-order chi connectivity index (χ0) is 21.2. The van der Waals surface area contributed by atoms with Crippen molar-refractivity contribution in [2.75, 3.05) is 5.75 Å². The van der Waals surface area contributed by atoms with Gasteiger partial charge in [-0.05, 0) is 61.6 Å². The number of aryl methyl sites for hydroxylation is 2. The van der Waals surface area contributed by atoms with E-state index in [1.54, 1.807) is 12.1 Å². The minimum atomic E-state index is -3.54. The molecule has 4 nitrogen and oxygen atoms in total. The van der Waals surface area contributed by atoms with Gasteiger partial charge in [0, 0.05) is 0 Å². The minimum absolute atomic E-state index is 0.0349. The molecule has 30 heavy (non-hydrogen) atoms. The van der Waals surface area contributed by atoms with Gasteiger partial charge in [-0.1, -0.05) is 66.6 Å². The molecular weight excluding hydrogens is 396 g/mol. The standard InChI is InChI=1S/C25H28O4S/c1-21-11-15-25(16-12-21)29-30(26,27)19-7-3-6-8-22-13-17-24(18-14-22)28-20-23-9-4-2-5-10-23/h2,4-5,9-18H,3,6-8,19-20H2,1H3. The third-order valence-electron chi connectivity index (χ3n) is 4.78. The third-order valence-corrected chi connectivity index (χ3v) is 6.01. The van der Waals surface area contributed by atoms with Gasteiger partial charge in [-0.3, -0.25) is 0 Å². The highest BCUT2D eigenvalue weighted by Crippen LogP contribution is 2.17. The molecule has 0 unspecified atom stereocenters. The third kappa shape index (κ3) is 7.56. The smallest absolute Gasteiger partial charge is 0.309 e. The van der Waals surface area contributed by atoms with Crippen LogP contribution < -0.4 is 8.92 Å². The number of unbranched alkanes of at least 4 members (excludes halogenated alkanes) is 2. The molecule has 0 bridgehead atoms. The molecule has 0 amide bonds. The summed E-state index contributed by atoms with van der Waals surface area (Å²) in [5, 5.41) is 0. The molecule has 3 aromatic carbocycles. The zero-order valence-corrected chi connectivity index (χ0v) is 18.1. The van der Waals surface area contributed by atoms with E-state index in [9.17, 15) is 8.42 Å². The predicted molar refractivity (Wildman–Crippen MR) is 120 cm³/mol. The molecule has 0 N–H and O–H groups in total. The van der Waals surface area contributed by atoms with Gasteiger partial charge in [0.2, 0.25) is 0 Å². The molecule has 3 aromatic rings. The van der Waals surface area contributed by atoms with Gasteiger partial charge in [0.1, 0.15) is 18.1 Å². The van der Waals surface area contributed by atoms with Crippen LogP contribution in [0.1, 0.15) is 36.0 Å². The maximum atomic E-state index is 12.1. The molecule has 0 aliphatic heterocycles. The van der Waals surface area contributed by atoms with Crippen molar-refractivity contribution in [3.63, 3.8) is 0 Å². The molecule has 0 aromatic heterocycles. The topological polar surface area (TPSA) is 52.6 Å². The Balaban J connectivity index is 1.34. The molecule has 0 heterocycles. The van der Waals surface area contributed by atoms with E-state index in [4.69, 9.17) is 8.92 Å². The van der Waals surface area contributed by atoms with Gasteiger partial charge in [-0.15, -0.1) is 0 Å². The summed E-state index contributed by atoms with van der Waals surface area (Å²) in [7, 11) is -3.54. The highest BCUT2D eigenvalue weighted by molar-refractivity contribution is 7.87. The van der Waals surface area contributed by atoms with Gasteiger partial charge in [-0.25, -0.2) is 0 Å². The van der Waals surface area contributed by atoms with E-state index in [1.165, 1.54) is 5.56 Å². The average Bonchev–Trinajstić information content (AvgIpc) is 2.75. The van der Waals surface area contributed by atoms with Crippen molar-refractivity contribution in [1.82, 2.24) is 0 Å². The first-order valence-electron chi connectivity index (χ1n) is 10.2. The lowest BCUT2D eigenvalue weighted by Gasteiger charge is -2.08. The Morgan fingerprint density at radius 1 is 0.700 bits per heavy atom. The van der Waals surface area contributed by atoms with Crippen LogP contribution in [0.25, 0.3) is 0 Å². The van der Waals surface area contributed by atoms with Crippen LogP contribution in [0, 0.1) is 6.92 Å². The van der Waals surface area contributed by atoms with E-state index in [0.29, 0.717) is 18.8 Å². The fourth-order valence-electron chi connectivity index (χ4n) is 3.06. The summed E-state index contributed by atoms with van der Waals surface area (Å²) in [4.78, 5) is 0. The van der Waals surface area contributed by atoms with Gasteiger partial charge in [0.05, 0.1) is 5.75 Å². The molecule has 0 aliphatic rings. The second kappa shape index (κ2) is 10.8. The Labute approximate surface area is 179 Å². The normalized spacial score (nSPS) is 11.2. The van der Waals surface area contributed by atoms with Crippen LogP contribution >= 0.6 is 0 Å². The Kier molecular flexibility index (Phi) is 7.91. The number of rotatable bonds is 11. The van der Waals surface area contributed by atoms with E-state index in [-0.39, 0.29) is 5.75 Å². The average molecular weight is 425 g/mol. The van der Waals surface area contributed by atoms with Crippen LogP contribution in [0.3, 0.4) is 0 Å². The number of hydrogen-bond donors (Lipinski definition) is 0. The molecule has 158 valence electrons. The van der Waals surface area contributed by atoms with Gasteiger partial charge in [0.15, 0.2) is 0 Å². The van der Waals surface area contributed by atoms with Gasteiger partial charge in [0.25, 0.3) is 0 Å². The summed E-state index contributed by atoms with van der Waals surface area (Å²) < 4.78 is 35.1. The van der Waals surface area contributed by atoms with E-state index < -0.39 is 10.1 Å². The van der Waals surface area contributed by atoms with E-state index in [2.05, 4.69) is 12.1 Å². The van der Waals surface area contributed by atoms with Crippen LogP contribution in [0.5, 0.6) is 11.5 Å². The molecular formula is C25H28O4S. The summed E-state index contributed by atoms with van der Waals surface area (Å²) in [5.74, 6) is 1.25. The van der Waals surface area contributed by atoms with Crippen LogP contribution in [0.2, 0.25) is 0 Å². The molecule has 3 rings (SSSR count). The van der Waals surface area contributed by atoms with Crippen molar-refractivity contribution in [3.05, 3.63) is 95.6 Å². The lowest BCUT2D eigenvalue weighted by molar-refractivity contribution is 0.306. The summed E-state index contributed by atoms with van der Waals surface area (Å²) in [6.45, 7) is 2.50. The van der Waals surface area contributed by atoms with Crippen LogP contribution in [-0.2, 0) is 23.1 Å². The van der Waals surface area contributed by atoms with Crippen molar-refractivity contribution in [2.45, 2.75) is 39.2 Å². The van der Waals surface area contributed by atoms with Gasteiger partial charge >= 0.3 is 10.1 Å². The van der Waals surface area contributed by atoms with Crippen molar-refractivity contribution in [3.8, 4) is 11.5 Å². The first-order chi connectivity index (χ1) is 14.5. The Morgan fingerprint density at radius 2 is 1.37 bits per heavy atom. The van der Waals surface area contributed by atoms with Crippen LogP contribution in [-0.4, -0.2) is 14.2 Å². The summed E-state index contributed by atoms with van der Waals surface area (Å²) in [6.07, 6.45) is 3.28. The molecule has 0 fully saturated rings. The molecule has 0 atom stereocenters. The van der Waals surface area contributed by atoms with Crippen molar-refractivity contribution < 1.29 is 17.3 Å². The highest BCUT2D eigenvalue weighted by atomic mass is 32.2. The summed E-state index contributed by atoms with van der Waals surface area (Å²) in [5.41, 5.74) is 3.43. The molecule has 0 saturated carbocycles. The van der Waals surface area contributed by atoms with E-state index >= 15 is 0 Å². The predicted octanol–water partition coefficient (Wildman–Crippen LogP) is 5.70. The minimum Gasteiger partial charge on any atom is -0.489 e. The second-order valence-electron chi connectivity index (χ2n) is 7.39. The molecule has 0 saturated heterocycles. The number of ether oxygens (including phenoxy) is 1. The maximum absolute atomic E-state index is 12.1. The first-order valence-corrected chi connectivity index (χ1v) is 11.8. The Bertz CT molecular complexity index is 995. The SMILES string of the molecule is Cc1ccc(OS(=O)(=O)CCCCCc2ccc(OCc3ccccc3)cc2)cc1. The summed E-state index contributed by atoms with van der Waals surface area (Å²) in [6, 6.07) is 25.2. The quantitative estimate of drug-likeness (QED) is 0.293. The Hall–Kier alpha value is -2.79. The van der Waals surface area contributed by atoms with Crippen molar-refractivity contribution in [2.24, 2.45) is 0 Å². The zero-order valence-electron chi connectivity index (χ0n) is 17.3. The largest absolute Gasteiger partial charge is 0.489 e. The van der Waals surface area contributed by atoms with Crippen LogP contribution in [0.15, 0.2) is 78.9 Å². The van der Waals surface area contributed by atoms with E-state index in [1.807, 2.05) is 61.5 Å². The second-order valence-corrected chi connectivity index (χ2v) is 9.08. The van der Waals surface area contributed by atoms with Crippen molar-refractivity contribution >= 4 is 10.1 Å². The number of benzene rings is 3. The van der Waals surface area contributed by atoms with Gasteiger partial charge < -0.3 is 8.92 Å². The van der Waals surface area contributed by atoms with Crippen molar-refractivity contribution in [1.29, 1.82) is 0 Å². The fourth-order valence-corrected chi connectivity index (χ4v) is 4.11. The number of hydrogen-bond acceptors (Lipinski definition) is 4. The van der Waals surface area contributed by atoms with Gasteiger partial charge in [-0.2, -0.15) is 8.42 Å². The molecule has 0 radical (unpaired) electrons. The Morgan fingerprint density at radius 3 is 2.07 bits per heavy atom. The molecule has 5 heteroatoms. The highest BCUT2D eigenvalue weighted by Gasteiger charge is 2.12. The molecule has 0 aliphatic carbocycles.